The van der Waals surface area contributed by atoms with E-state index in [9.17, 15) is 4.79 Å². The molecule has 0 fully saturated rings. The largest absolute Gasteiger partial charge is 0.380 e. The zero-order valence-corrected chi connectivity index (χ0v) is 17.1. The summed E-state index contributed by atoms with van der Waals surface area (Å²) in [5, 5.41) is 6.27. The second kappa shape index (κ2) is 9.68. The molecule has 3 aromatic rings. The van der Waals surface area contributed by atoms with E-state index >= 15 is 0 Å². The lowest BCUT2D eigenvalue weighted by molar-refractivity contribution is 0.102. The number of hydrogen-bond donors (Lipinski definition) is 2. The third-order valence-electron chi connectivity index (χ3n) is 4.81. The molecule has 0 spiro atoms. The number of carbonyl (C=O) groups excluding carboxylic acids is 1. The third kappa shape index (κ3) is 5.31. The maximum absolute atomic E-state index is 12.7. The van der Waals surface area contributed by atoms with Crippen LogP contribution in [-0.2, 0) is 6.54 Å². The lowest BCUT2D eigenvalue weighted by atomic mass is 10.1. The van der Waals surface area contributed by atoms with Crippen LogP contribution in [0.2, 0.25) is 0 Å². The maximum atomic E-state index is 12.7. The number of nitrogens with one attached hydrogen (secondary N) is 2. The van der Waals surface area contributed by atoms with E-state index in [4.69, 9.17) is 0 Å². The number of hydrogen-bond acceptors (Lipinski definition) is 5. The third-order valence-corrected chi connectivity index (χ3v) is 4.81. The van der Waals surface area contributed by atoms with E-state index in [-0.39, 0.29) is 5.91 Å². The Bertz CT molecular complexity index is 954. The van der Waals surface area contributed by atoms with Crippen LogP contribution in [0.3, 0.4) is 0 Å². The Morgan fingerprint density at radius 2 is 1.86 bits per heavy atom. The van der Waals surface area contributed by atoms with E-state index < -0.39 is 0 Å². The predicted molar refractivity (Wildman–Crippen MR) is 118 cm³/mol. The molecule has 2 aromatic heterocycles. The Morgan fingerprint density at radius 1 is 1.03 bits per heavy atom. The van der Waals surface area contributed by atoms with Crippen LogP contribution in [0.5, 0.6) is 0 Å². The van der Waals surface area contributed by atoms with Gasteiger partial charge in [-0.1, -0.05) is 6.07 Å². The fourth-order valence-electron chi connectivity index (χ4n) is 3.14. The number of aromatic nitrogens is 2. The topological polar surface area (TPSA) is 70.2 Å². The lowest BCUT2D eigenvalue weighted by Crippen LogP contribution is -2.22. The fourth-order valence-corrected chi connectivity index (χ4v) is 3.14. The molecule has 2 N–H and O–H groups in total. The molecular weight excluding hydrogens is 362 g/mol. The molecule has 29 heavy (non-hydrogen) atoms. The van der Waals surface area contributed by atoms with Gasteiger partial charge >= 0.3 is 0 Å². The van der Waals surface area contributed by atoms with Crippen molar-refractivity contribution >= 4 is 23.0 Å². The van der Waals surface area contributed by atoms with E-state index in [1.165, 1.54) is 0 Å². The van der Waals surface area contributed by atoms with Gasteiger partial charge in [-0.2, -0.15) is 0 Å². The van der Waals surface area contributed by atoms with Gasteiger partial charge in [-0.15, -0.1) is 0 Å². The van der Waals surface area contributed by atoms with Gasteiger partial charge in [0.1, 0.15) is 0 Å². The summed E-state index contributed by atoms with van der Waals surface area (Å²) in [6, 6.07) is 11.8. The quantitative estimate of drug-likeness (QED) is 0.594. The Hall–Kier alpha value is -3.41. The second-order valence-electron chi connectivity index (χ2n) is 6.80. The summed E-state index contributed by atoms with van der Waals surface area (Å²) < 4.78 is 0. The van der Waals surface area contributed by atoms with Gasteiger partial charge in [0.05, 0.1) is 11.3 Å². The van der Waals surface area contributed by atoms with Gasteiger partial charge in [0, 0.05) is 55.8 Å². The zero-order valence-electron chi connectivity index (χ0n) is 17.1. The number of carbonyl (C=O) groups is 1. The standard InChI is InChI=1S/C23H27N5O/c1-4-28(5-2)21-8-9-22(17(3)11-21)27-23(29)19-12-20(16-25-15-19)26-14-18-7-6-10-24-13-18/h6-13,15-16,26H,4-5,14H2,1-3H3,(H,27,29). The van der Waals surface area contributed by atoms with Crippen molar-refractivity contribution in [1.82, 2.24) is 9.97 Å². The molecular formula is C23H27N5O. The SMILES string of the molecule is CCN(CC)c1ccc(NC(=O)c2cncc(NCc3cccnc3)c2)c(C)c1. The van der Waals surface area contributed by atoms with Gasteiger partial charge in [0.15, 0.2) is 0 Å². The molecule has 1 aromatic carbocycles. The molecule has 0 saturated heterocycles. The minimum absolute atomic E-state index is 0.179. The number of nitrogens with zero attached hydrogens (tertiary/aromatic N) is 3. The van der Waals surface area contributed by atoms with Crippen molar-refractivity contribution in [3.63, 3.8) is 0 Å². The summed E-state index contributed by atoms with van der Waals surface area (Å²) >= 11 is 0. The number of amides is 1. The first-order valence-corrected chi connectivity index (χ1v) is 9.85. The summed E-state index contributed by atoms with van der Waals surface area (Å²) in [5.74, 6) is -0.179. The maximum Gasteiger partial charge on any atom is 0.257 e. The molecule has 0 aliphatic heterocycles. The first-order valence-electron chi connectivity index (χ1n) is 9.85. The summed E-state index contributed by atoms with van der Waals surface area (Å²) in [6.45, 7) is 8.80. The minimum atomic E-state index is -0.179. The highest BCUT2D eigenvalue weighted by atomic mass is 16.1. The van der Waals surface area contributed by atoms with Gasteiger partial charge in [-0.3, -0.25) is 14.8 Å². The van der Waals surface area contributed by atoms with Gasteiger partial charge in [0.2, 0.25) is 0 Å². The van der Waals surface area contributed by atoms with Crippen molar-refractivity contribution in [2.24, 2.45) is 0 Å². The molecule has 0 saturated carbocycles. The Morgan fingerprint density at radius 3 is 2.55 bits per heavy atom. The number of rotatable bonds is 8. The van der Waals surface area contributed by atoms with Crippen molar-refractivity contribution in [3.05, 3.63) is 77.9 Å². The van der Waals surface area contributed by atoms with Gasteiger partial charge < -0.3 is 15.5 Å². The highest BCUT2D eigenvalue weighted by Gasteiger charge is 2.11. The smallest absolute Gasteiger partial charge is 0.257 e. The predicted octanol–water partition coefficient (Wildman–Crippen LogP) is 4.50. The van der Waals surface area contributed by atoms with Crippen molar-refractivity contribution in [1.29, 1.82) is 0 Å². The molecule has 1 amide bonds. The normalized spacial score (nSPS) is 10.4. The van der Waals surface area contributed by atoms with E-state index in [0.717, 1.165) is 41.3 Å². The monoisotopic (exact) mass is 389 g/mol. The molecule has 3 rings (SSSR count). The molecule has 0 aliphatic rings. The van der Waals surface area contributed by atoms with Crippen LogP contribution in [0.4, 0.5) is 17.1 Å². The van der Waals surface area contributed by atoms with Crippen LogP contribution < -0.4 is 15.5 Å². The summed E-state index contributed by atoms with van der Waals surface area (Å²) in [4.78, 5) is 23.3. The molecule has 0 aliphatic carbocycles. The number of benzene rings is 1. The number of aryl methyl sites for hydroxylation is 1. The van der Waals surface area contributed by atoms with Crippen molar-refractivity contribution in [3.8, 4) is 0 Å². The first-order chi connectivity index (χ1) is 14.1. The fraction of sp³-hybridized carbons (Fsp3) is 0.261. The van der Waals surface area contributed by atoms with Crippen LogP contribution in [-0.4, -0.2) is 29.0 Å². The average Bonchev–Trinajstić information content (AvgIpc) is 2.76. The first kappa shape index (κ1) is 20.3. The van der Waals surface area contributed by atoms with Gasteiger partial charge in [-0.05, 0) is 62.2 Å². The summed E-state index contributed by atoms with van der Waals surface area (Å²) in [5.41, 5.74) is 5.35. The van der Waals surface area contributed by atoms with E-state index in [1.54, 1.807) is 24.7 Å². The second-order valence-corrected chi connectivity index (χ2v) is 6.80. The van der Waals surface area contributed by atoms with E-state index in [0.29, 0.717) is 12.1 Å². The van der Waals surface area contributed by atoms with Crippen LogP contribution in [0, 0.1) is 6.92 Å². The van der Waals surface area contributed by atoms with Crippen LogP contribution >= 0.6 is 0 Å². The number of anilines is 3. The van der Waals surface area contributed by atoms with Crippen LogP contribution in [0.25, 0.3) is 0 Å². The van der Waals surface area contributed by atoms with Crippen LogP contribution in [0.1, 0.15) is 35.3 Å². The highest BCUT2D eigenvalue weighted by Crippen LogP contribution is 2.23. The highest BCUT2D eigenvalue weighted by molar-refractivity contribution is 6.05. The molecule has 2 heterocycles. The Kier molecular flexibility index (Phi) is 6.79. The summed E-state index contributed by atoms with van der Waals surface area (Å²) in [7, 11) is 0. The van der Waals surface area contributed by atoms with E-state index in [2.05, 4.69) is 45.4 Å². The molecule has 0 radical (unpaired) electrons. The molecule has 0 atom stereocenters. The molecule has 0 bridgehead atoms. The van der Waals surface area contributed by atoms with Gasteiger partial charge in [-0.25, -0.2) is 0 Å². The van der Waals surface area contributed by atoms with Crippen molar-refractivity contribution in [2.45, 2.75) is 27.3 Å². The Balaban J connectivity index is 1.68. The van der Waals surface area contributed by atoms with Crippen LogP contribution in [0.15, 0.2) is 61.2 Å². The average molecular weight is 390 g/mol. The van der Waals surface area contributed by atoms with Crippen molar-refractivity contribution < 1.29 is 4.79 Å². The van der Waals surface area contributed by atoms with Crippen molar-refractivity contribution in [2.75, 3.05) is 28.6 Å². The molecule has 6 heteroatoms. The molecule has 6 nitrogen and oxygen atoms in total. The van der Waals surface area contributed by atoms with E-state index in [1.807, 2.05) is 37.4 Å². The van der Waals surface area contributed by atoms with Gasteiger partial charge in [0.25, 0.3) is 5.91 Å². The minimum Gasteiger partial charge on any atom is -0.380 e. The molecule has 150 valence electrons. The zero-order chi connectivity index (χ0) is 20.6. The summed E-state index contributed by atoms with van der Waals surface area (Å²) in [6.07, 6.45) is 6.83. The lowest BCUT2D eigenvalue weighted by Gasteiger charge is -2.22. The molecule has 0 unspecified atom stereocenters. The Labute approximate surface area is 172 Å². The number of pyridine rings is 2.